The van der Waals surface area contributed by atoms with Gasteiger partial charge in [0.2, 0.25) is 0 Å². The number of nitrogens with zero attached hydrogens (tertiary/aromatic N) is 1. The summed E-state index contributed by atoms with van der Waals surface area (Å²) in [5, 5.41) is 18.4. The summed E-state index contributed by atoms with van der Waals surface area (Å²) in [6, 6.07) is 0.190. The zero-order valence-electron chi connectivity index (χ0n) is 31.0. The SMILES string of the molecule is CCNC(=O)O[C@@H]([C]1C[C@@H](C)[C@H]2[C](O1)[C@H](O)[C@@]1(C)[C]3CC[C@H]4C(C)(C)C(OC(=O)NC5CN(CC)C5)CC[C@@]45C[C@@]35CC[C@]21C)C(C)C. The van der Waals surface area contributed by atoms with Gasteiger partial charge in [0.1, 0.15) is 24.4 Å². The molecule has 0 aromatic heterocycles. The number of carbonyl (C=O) groups is 2. The van der Waals surface area contributed by atoms with Gasteiger partial charge in [0.05, 0.1) is 12.1 Å². The topological polar surface area (TPSA) is 109 Å². The highest BCUT2D eigenvalue weighted by Crippen LogP contribution is 2.90. The van der Waals surface area contributed by atoms with Crippen molar-refractivity contribution in [2.75, 3.05) is 26.2 Å². The molecular weight excluding hydrogens is 606 g/mol. The number of nitrogens with one attached hydrogen (secondary N) is 2. The van der Waals surface area contributed by atoms with E-state index in [2.05, 4.69) is 70.9 Å². The van der Waals surface area contributed by atoms with Gasteiger partial charge < -0.3 is 30.0 Å². The quantitative estimate of drug-likeness (QED) is 0.279. The van der Waals surface area contributed by atoms with Gasteiger partial charge in [0, 0.05) is 36.4 Å². The zero-order chi connectivity index (χ0) is 34.6. The molecule has 2 aliphatic heterocycles. The van der Waals surface area contributed by atoms with Gasteiger partial charge in [-0.25, -0.2) is 9.59 Å². The van der Waals surface area contributed by atoms with E-state index in [-0.39, 0.29) is 63.1 Å². The fourth-order valence-electron chi connectivity index (χ4n) is 12.9. The van der Waals surface area contributed by atoms with Gasteiger partial charge in [0.25, 0.3) is 0 Å². The lowest BCUT2D eigenvalue weighted by atomic mass is 9.41. The van der Waals surface area contributed by atoms with Crippen LogP contribution in [0.25, 0.3) is 0 Å². The van der Waals surface area contributed by atoms with Gasteiger partial charge in [0.15, 0.2) is 0 Å². The highest BCUT2D eigenvalue weighted by atomic mass is 16.6. The van der Waals surface area contributed by atoms with E-state index >= 15 is 0 Å². The largest absolute Gasteiger partial charge is 0.446 e. The first-order valence-corrected chi connectivity index (χ1v) is 19.2. The molecule has 0 aromatic carbocycles. The van der Waals surface area contributed by atoms with Crippen LogP contribution in [0, 0.1) is 68.9 Å². The second kappa shape index (κ2) is 11.7. The van der Waals surface area contributed by atoms with Crippen molar-refractivity contribution in [3.8, 4) is 0 Å². The number of hydrogen-bond acceptors (Lipinski definition) is 7. The van der Waals surface area contributed by atoms with E-state index in [0.717, 1.165) is 76.8 Å². The van der Waals surface area contributed by atoms with Crippen LogP contribution in [-0.2, 0) is 14.2 Å². The molecule has 3 radical (unpaired) electrons. The first kappa shape index (κ1) is 34.9. The fourth-order valence-corrected chi connectivity index (χ4v) is 12.9. The Morgan fingerprint density at radius 2 is 1.79 bits per heavy atom. The van der Waals surface area contributed by atoms with Crippen molar-refractivity contribution in [2.24, 2.45) is 50.7 Å². The van der Waals surface area contributed by atoms with Crippen LogP contribution >= 0.6 is 0 Å². The molecule has 2 saturated heterocycles. The van der Waals surface area contributed by atoms with Crippen molar-refractivity contribution >= 4 is 12.2 Å². The lowest BCUT2D eigenvalue weighted by Gasteiger charge is -2.63. The summed E-state index contributed by atoms with van der Waals surface area (Å²) in [7, 11) is 0. The van der Waals surface area contributed by atoms with E-state index in [9.17, 15) is 14.7 Å². The molecule has 7 rings (SSSR count). The van der Waals surface area contributed by atoms with Crippen molar-refractivity contribution in [1.29, 1.82) is 0 Å². The van der Waals surface area contributed by atoms with Crippen molar-refractivity contribution < 1.29 is 28.9 Å². The molecule has 48 heavy (non-hydrogen) atoms. The number of rotatable bonds is 7. The van der Waals surface area contributed by atoms with Crippen LogP contribution in [-0.4, -0.2) is 72.7 Å². The lowest BCUT2D eigenvalue weighted by molar-refractivity contribution is -0.126. The fraction of sp³-hybridized carbons (Fsp3) is 0.872. The van der Waals surface area contributed by atoms with E-state index in [1.165, 1.54) is 6.42 Å². The van der Waals surface area contributed by atoms with Gasteiger partial charge in [-0.3, -0.25) is 4.90 Å². The summed E-state index contributed by atoms with van der Waals surface area (Å²) in [4.78, 5) is 27.8. The Bertz CT molecular complexity index is 1270. The summed E-state index contributed by atoms with van der Waals surface area (Å²) in [6.07, 6.45) is 7.84. The minimum Gasteiger partial charge on any atom is -0.446 e. The maximum Gasteiger partial charge on any atom is 0.407 e. The van der Waals surface area contributed by atoms with Crippen LogP contribution in [0.4, 0.5) is 9.59 Å². The monoisotopic (exact) mass is 668 g/mol. The van der Waals surface area contributed by atoms with E-state index in [4.69, 9.17) is 14.2 Å². The van der Waals surface area contributed by atoms with Gasteiger partial charge in [-0.15, -0.1) is 0 Å². The number of likely N-dealkylation sites (tertiary alicyclic amines) is 1. The third-order valence-electron chi connectivity index (χ3n) is 15.4. The molecule has 5 aliphatic carbocycles. The number of fused-ring (bicyclic) bond motifs is 4. The Hall–Kier alpha value is -1.58. The molecule has 1 unspecified atom stereocenters. The Morgan fingerprint density at radius 3 is 2.46 bits per heavy atom. The molecule has 2 spiro atoms. The number of aliphatic hydroxyl groups is 1. The third-order valence-corrected chi connectivity index (χ3v) is 15.4. The minimum absolute atomic E-state index is 0.0522. The maximum atomic E-state index is 13.0. The minimum atomic E-state index is -0.699. The van der Waals surface area contributed by atoms with Crippen LogP contribution in [0.3, 0.4) is 0 Å². The number of likely N-dealkylation sites (N-methyl/N-ethyl adjacent to an activating group) is 1. The second-order valence-electron chi connectivity index (χ2n) is 18.2. The molecular formula is C39H62N3O6. The van der Waals surface area contributed by atoms with Gasteiger partial charge >= 0.3 is 12.2 Å². The normalized spacial score (nSPS) is 44.7. The van der Waals surface area contributed by atoms with E-state index in [0.29, 0.717) is 12.5 Å². The zero-order valence-corrected chi connectivity index (χ0v) is 31.0. The molecule has 0 aromatic rings. The highest BCUT2D eigenvalue weighted by molar-refractivity contribution is 5.68. The van der Waals surface area contributed by atoms with Crippen LogP contribution in [0.5, 0.6) is 0 Å². The Kier molecular flexibility index (Phi) is 8.51. The van der Waals surface area contributed by atoms with Gasteiger partial charge in [-0.05, 0) is 105 Å². The van der Waals surface area contributed by atoms with Crippen LogP contribution in [0.1, 0.15) is 114 Å². The number of alkyl carbamates (subject to hydrolysis) is 2. The predicted octanol–water partition coefficient (Wildman–Crippen LogP) is 6.65. The van der Waals surface area contributed by atoms with E-state index in [1.54, 1.807) is 5.92 Å². The summed E-state index contributed by atoms with van der Waals surface area (Å²) in [5.41, 5.74) is -0.262. The molecule has 2 heterocycles. The van der Waals surface area contributed by atoms with Crippen LogP contribution < -0.4 is 10.6 Å². The summed E-state index contributed by atoms with van der Waals surface area (Å²) in [5.74, 6) is 2.54. The number of carbonyl (C=O) groups excluding carboxylic acids is 2. The maximum absolute atomic E-state index is 13.0. The Labute approximate surface area is 289 Å². The van der Waals surface area contributed by atoms with Gasteiger partial charge in [-0.2, -0.15) is 0 Å². The standard InChI is InChI=1S/C39H62N3O6/c1-10-40-33(44)48-30(22(3)4)25-18-23(5)29-31(46-25)32(43)37(9)27-13-12-26-35(6,7)28(47-34(45)41-24-19-42(11-2)20-24)14-15-38(26)21-39(27,38)17-16-36(29,37)8/h22-24,26,28-30,32,43H,10-21H2,1-9H3,(H,40,44)(H,41,45)/t23-,26+,28?,29+,30-,32+,36-,37-,38-,39+/m1/s1. The molecule has 5 saturated carbocycles. The first-order valence-electron chi connectivity index (χ1n) is 19.2. The number of hydrogen-bond donors (Lipinski definition) is 3. The van der Waals surface area contributed by atoms with Crippen molar-refractivity contribution in [3.05, 3.63) is 18.1 Å². The van der Waals surface area contributed by atoms with Crippen molar-refractivity contribution in [2.45, 2.75) is 138 Å². The van der Waals surface area contributed by atoms with E-state index < -0.39 is 18.3 Å². The van der Waals surface area contributed by atoms with Crippen LogP contribution in [0.2, 0.25) is 0 Å². The Balaban J connectivity index is 1.09. The number of ether oxygens (including phenoxy) is 3. The predicted molar refractivity (Wildman–Crippen MR) is 183 cm³/mol. The molecule has 269 valence electrons. The van der Waals surface area contributed by atoms with Gasteiger partial charge in [-0.1, -0.05) is 55.4 Å². The molecule has 7 aliphatic rings. The lowest BCUT2D eigenvalue weighted by Crippen LogP contribution is -2.61. The highest BCUT2D eigenvalue weighted by Gasteiger charge is 2.85. The summed E-state index contributed by atoms with van der Waals surface area (Å²) < 4.78 is 18.9. The van der Waals surface area contributed by atoms with Crippen molar-refractivity contribution in [1.82, 2.24) is 15.5 Å². The molecule has 9 heteroatoms. The summed E-state index contributed by atoms with van der Waals surface area (Å²) >= 11 is 0. The van der Waals surface area contributed by atoms with E-state index in [1.807, 2.05) is 6.92 Å². The number of amides is 2. The molecule has 10 atom stereocenters. The van der Waals surface area contributed by atoms with Crippen molar-refractivity contribution in [3.63, 3.8) is 0 Å². The molecule has 7 fully saturated rings. The Morgan fingerprint density at radius 1 is 1.06 bits per heavy atom. The number of aliphatic hydroxyl groups excluding tert-OH is 1. The molecule has 9 nitrogen and oxygen atoms in total. The second-order valence-corrected chi connectivity index (χ2v) is 18.2. The third kappa shape index (κ3) is 4.70. The molecule has 0 bridgehead atoms. The average molecular weight is 669 g/mol. The summed E-state index contributed by atoms with van der Waals surface area (Å²) in [6.45, 7) is 23.3. The molecule has 2 amide bonds. The van der Waals surface area contributed by atoms with Crippen LogP contribution in [0.15, 0.2) is 0 Å². The smallest absolute Gasteiger partial charge is 0.407 e. The average Bonchev–Trinajstić information content (AvgIpc) is 3.63. The first-order chi connectivity index (χ1) is 22.6. The molecule has 3 N–H and O–H groups in total.